The topological polar surface area (TPSA) is 65.0 Å². The zero-order valence-electron chi connectivity index (χ0n) is 20.2. The normalized spacial score (nSPS) is 21.6. The Kier molecular flexibility index (Phi) is 7.94. The van der Waals surface area contributed by atoms with Gasteiger partial charge in [0.2, 0.25) is 0 Å². The summed E-state index contributed by atoms with van der Waals surface area (Å²) in [5.41, 5.74) is 2.56. The van der Waals surface area contributed by atoms with Crippen molar-refractivity contribution >= 4 is 29.2 Å². The molecular formula is C29H28Cl2O5. The first-order chi connectivity index (χ1) is 17.1. The molecule has 1 heterocycles. The van der Waals surface area contributed by atoms with Gasteiger partial charge in [0.05, 0.1) is 12.7 Å². The number of hydrogen-bond donors (Lipinski definition) is 1. The molecule has 3 aromatic rings. The first-order valence-corrected chi connectivity index (χ1v) is 12.4. The molecule has 188 valence electrons. The maximum atomic E-state index is 11.2. The van der Waals surface area contributed by atoms with Gasteiger partial charge in [-0.15, -0.1) is 0 Å². The quantitative estimate of drug-likeness (QED) is 0.302. The fraction of sp³-hybridized carbons (Fsp3) is 0.276. The molecule has 0 spiro atoms. The maximum absolute atomic E-state index is 11.2. The average Bonchev–Trinajstić information content (AvgIpc) is 2.83. The molecule has 4 rings (SSSR count). The summed E-state index contributed by atoms with van der Waals surface area (Å²) in [6, 6.07) is 20.2. The lowest BCUT2D eigenvalue weighted by atomic mass is 9.70. The Labute approximate surface area is 221 Å². The minimum Gasteiger partial charge on any atom is -0.482 e. The van der Waals surface area contributed by atoms with Crippen LogP contribution in [-0.4, -0.2) is 24.3 Å². The van der Waals surface area contributed by atoms with E-state index in [1.165, 1.54) is 0 Å². The molecule has 0 radical (unpaired) electrons. The standard InChI is InChI=1S/C29H28Cl2O5/c1-18(2)25-15-29(3,19-7-9-20(30)10-8-19)17-35-28(25)24-14-23(11-12-26(24)34-16-27(32)33)36-22-6-4-5-21(31)13-22/h4-14,25,28H,1,15-17H2,2-3H3,(H,32,33)/t25-,28-,29-/m0/s1. The SMILES string of the molecule is C=C(C)[C@@H]1C[C@](C)(c2ccc(Cl)cc2)CO[C@H]1c1cc(Oc2cccc(Cl)c2)ccc1OCC(=O)O. The number of rotatable bonds is 8. The molecule has 7 heteroatoms. The van der Waals surface area contributed by atoms with Crippen LogP contribution in [0.25, 0.3) is 0 Å². The third-order valence-electron chi connectivity index (χ3n) is 6.46. The number of carbonyl (C=O) groups is 1. The highest BCUT2D eigenvalue weighted by molar-refractivity contribution is 6.30. The van der Waals surface area contributed by atoms with Crippen molar-refractivity contribution in [2.24, 2.45) is 5.92 Å². The molecule has 5 nitrogen and oxygen atoms in total. The molecule has 1 fully saturated rings. The maximum Gasteiger partial charge on any atom is 0.341 e. The monoisotopic (exact) mass is 526 g/mol. The number of carboxylic acid groups (broad SMARTS) is 1. The van der Waals surface area contributed by atoms with Crippen molar-refractivity contribution in [3.63, 3.8) is 0 Å². The molecular weight excluding hydrogens is 499 g/mol. The Hall–Kier alpha value is -2.99. The molecule has 0 bridgehead atoms. The number of hydrogen-bond acceptors (Lipinski definition) is 4. The lowest BCUT2D eigenvalue weighted by molar-refractivity contribution is -0.139. The van der Waals surface area contributed by atoms with E-state index in [0.29, 0.717) is 39.5 Å². The van der Waals surface area contributed by atoms with Crippen molar-refractivity contribution in [3.05, 3.63) is 100 Å². The van der Waals surface area contributed by atoms with Gasteiger partial charge in [-0.1, -0.05) is 60.5 Å². The Balaban J connectivity index is 1.68. The van der Waals surface area contributed by atoms with Crippen LogP contribution in [0.2, 0.25) is 10.0 Å². The van der Waals surface area contributed by atoms with Gasteiger partial charge >= 0.3 is 5.97 Å². The van der Waals surface area contributed by atoms with Gasteiger partial charge in [-0.2, -0.15) is 0 Å². The molecule has 0 aromatic heterocycles. The highest BCUT2D eigenvalue weighted by Gasteiger charge is 2.42. The van der Waals surface area contributed by atoms with Crippen LogP contribution in [-0.2, 0) is 14.9 Å². The van der Waals surface area contributed by atoms with Gasteiger partial charge in [0.25, 0.3) is 0 Å². The van der Waals surface area contributed by atoms with Crippen LogP contribution in [0.5, 0.6) is 17.2 Å². The largest absolute Gasteiger partial charge is 0.482 e. The lowest BCUT2D eigenvalue weighted by Gasteiger charge is -2.44. The molecule has 0 unspecified atom stereocenters. The van der Waals surface area contributed by atoms with E-state index in [0.717, 1.165) is 17.6 Å². The van der Waals surface area contributed by atoms with E-state index in [4.69, 9.17) is 37.4 Å². The second-order valence-electron chi connectivity index (χ2n) is 9.40. The van der Waals surface area contributed by atoms with Crippen LogP contribution < -0.4 is 9.47 Å². The number of ether oxygens (including phenoxy) is 3. The van der Waals surface area contributed by atoms with Gasteiger partial charge < -0.3 is 19.3 Å². The number of carboxylic acids is 1. The van der Waals surface area contributed by atoms with Crippen molar-refractivity contribution in [1.82, 2.24) is 0 Å². The van der Waals surface area contributed by atoms with Crippen molar-refractivity contribution in [3.8, 4) is 17.2 Å². The third kappa shape index (κ3) is 6.04. The number of benzene rings is 3. The van der Waals surface area contributed by atoms with Gasteiger partial charge in [0, 0.05) is 26.9 Å². The third-order valence-corrected chi connectivity index (χ3v) is 6.95. The van der Waals surface area contributed by atoms with E-state index in [9.17, 15) is 9.90 Å². The van der Waals surface area contributed by atoms with E-state index in [-0.39, 0.29) is 11.3 Å². The smallest absolute Gasteiger partial charge is 0.341 e. The van der Waals surface area contributed by atoms with E-state index in [1.807, 2.05) is 49.4 Å². The number of halogens is 2. The van der Waals surface area contributed by atoms with Gasteiger partial charge in [0.15, 0.2) is 6.61 Å². The van der Waals surface area contributed by atoms with E-state index in [1.54, 1.807) is 24.3 Å². The van der Waals surface area contributed by atoms with Crippen molar-refractivity contribution in [2.45, 2.75) is 31.8 Å². The molecule has 0 saturated carbocycles. The highest BCUT2D eigenvalue weighted by Crippen LogP contribution is 2.49. The Bertz CT molecular complexity index is 1260. The summed E-state index contributed by atoms with van der Waals surface area (Å²) >= 11 is 12.2. The molecule has 1 aliphatic heterocycles. The predicted molar refractivity (Wildman–Crippen MR) is 142 cm³/mol. The van der Waals surface area contributed by atoms with Crippen molar-refractivity contribution < 1.29 is 24.1 Å². The molecule has 1 aliphatic rings. The zero-order chi connectivity index (χ0) is 25.9. The zero-order valence-corrected chi connectivity index (χ0v) is 21.7. The summed E-state index contributed by atoms with van der Waals surface area (Å²) < 4.78 is 18.2. The summed E-state index contributed by atoms with van der Waals surface area (Å²) in [4.78, 5) is 11.2. The molecule has 3 aromatic carbocycles. The fourth-order valence-electron chi connectivity index (χ4n) is 4.58. The van der Waals surface area contributed by atoms with E-state index in [2.05, 4.69) is 13.5 Å². The summed E-state index contributed by atoms with van der Waals surface area (Å²) in [6.07, 6.45) is 0.390. The number of aliphatic carboxylic acids is 1. The Morgan fingerprint density at radius 3 is 2.47 bits per heavy atom. The van der Waals surface area contributed by atoms with Crippen LogP contribution in [0.3, 0.4) is 0 Å². The van der Waals surface area contributed by atoms with Gasteiger partial charge in [-0.3, -0.25) is 0 Å². The Morgan fingerprint density at radius 1 is 1.08 bits per heavy atom. The first-order valence-electron chi connectivity index (χ1n) is 11.6. The van der Waals surface area contributed by atoms with Crippen molar-refractivity contribution in [2.75, 3.05) is 13.2 Å². The van der Waals surface area contributed by atoms with Crippen LogP contribution in [0.15, 0.2) is 78.9 Å². The van der Waals surface area contributed by atoms with Crippen LogP contribution >= 0.6 is 23.2 Å². The molecule has 0 aliphatic carbocycles. The van der Waals surface area contributed by atoms with Crippen LogP contribution in [0, 0.1) is 5.92 Å². The summed E-state index contributed by atoms with van der Waals surface area (Å²) in [6.45, 7) is 8.40. The molecule has 3 atom stereocenters. The van der Waals surface area contributed by atoms with E-state index < -0.39 is 18.7 Å². The predicted octanol–water partition coefficient (Wildman–Crippen LogP) is 7.86. The van der Waals surface area contributed by atoms with Crippen LogP contribution in [0.4, 0.5) is 0 Å². The summed E-state index contributed by atoms with van der Waals surface area (Å²) in [5, 5.41) is 10.4. The van der Waals surface area contributed by atoms with Gasteiger partial charge in [-0.25, -0.2) is 4.79 Å². The fourth-order valence-corrected chi connectivity index (χ4v) is 4.89. The second kappa shape index (κ2) is 11.0. The summed E-state index contributed by atoms with van der Waals surface area (Å²) in [7, 11) is 0. The minimum atomic E-state index is -1.06. The molecule has 1 N–H and O–H groups in total. The molecule has 0 amide bonds. The van der Waals surface area contributed by atoms with E-state index >= 15 is 0 Å². The lowest BCUT2D eigenvalue weighted by Crippen LogP contribution is -2.40. The van der Waals surface area contributed by atoms with Gasteiger partial charge in [0.1, 0.15) is 17.2 Å². The minimum absolute atomic E-state index is 0.0481. The van der Waals surface area contributed by atoms with Crippen LogP contribution in [0.1, 0.15) is 37.5 Å². The Morgan fingerprint density at radius 2 is 1.81 bits per heavy atom. The van der Waals surface area contributed by atoms with Crippen molar-refractivity contribution in [1.29, 1.82) is 0 Å². The highest BCUT2D eigenvalue weighted by atomic mass is 35.5. The average molecular weight is 527 g/mol. The first kappa shape index (κ1) is 26.1. The molecule has 1 saturated heterocycles. The second-order valence-corrected chi connectivity index (χ2v) is 10.3. The molecule has 36 heavy (non-hydrogen) atoms. The van der Waals surface area contributed by atoms with Gasteiger partial charge in [-0.05, 0) is 67.4 Å². The summed E-state index contributed by atoms with van der Waals surface area (Å²) in [5.74, 6) is 0.473.